The van der Waals surface area contributed by atoms with Gasteiger partial charge in [0.05, 0.1) is 20.6 Å². The number of carbonyl (C=O) groups excluding carboxylic acids is 1. The van der Waals surface area contributed by atoms with Gasteiger partial charge < -0.3 is 19.5 Å². The second kappa shape index (κ2) is 6.63. The number of methoxy groups -OCH3 is 2. The van der Waals surface area contributed by atoms with Gasteiger partial charge in [-0.3, -0.25) is 9.59 Å². The Morgan fingerprint density at radius 2 is 1.74 bits per heavy atom. The van der Waals surface area contributed by atoms with E-state index in [0.29, 0.717) is 17.1 Å². The van der Waals surface area contributed by atoms with E-state index in [1.807, 2.05) is 0 Å². The molecule has 19 heavy (non-hydrogen) atoms. The van der Waals surface area contributed by atoms with Crippen LogP contribution in [0.2, 0.25) is 0 Å². The summed E-state index contributed by atoms with van der Waals surface area (Å²) in [6.45, 7) is -0.337. The summed E-state index contributed by atoms with van der Waals surface area (Å²) in [7, 11) is 4.45. The van der Waals surface area contributed by atoms with Crippen LogP contribution >= 0.6 is 0 Å². The van der Waals surface area contributed by atoms with Gasteiger partial charge in [0.25, 0.3) is 0 Å². The summed E-state index contributed by atoms with van der Waals surface area (Å²) in [5.74, 6) is -0.291. The fourth-order valence-electron chi connectivity index (χ4n) is 1.68. The molecule has 0 aliphatic rings. The molecule has 0 atom stereocenters. The maximum absolute atomic E-state index is 11.9. The van der Waals surface area contributed by atoms with E-state index >= 15 is 0 Å². The minimum atomic E-state index is -1.05. The Balaban J connectivity index is 2.92. The monoisotopic (exact) mass is 267 g/mol. The quantitative estimate of drug-likeness (QED) is 0.824. The SMILES string of the molecule is COc1cccc(OC)c1CC(=O)N(C)CC(=O)O. The van der Waals surface area contributed by atoms with Gasteiger partial charge in [-0.1, -0.05) is 6.07 Å². The van der Waals surface area contributed by atoms with Crippen LogP contribution in [0.3, 0.4) is 0 Å². The molecular formula is C13H17NO5. The Morgan fingerprint density at radius 1 is 1.21 bits per heavy atom. The van der Waals surface area contributed by atoms with Crippen LogP contribution in [0.1, 0.15) is 5.56 Å². The van der Waals surface area contributed by atoms with E-state index in [9.17, 15) is 9.59 Å². The summed E-state index contributed by atoms with van der Waals surface area (Å²) in [6.07, 6.45) is 0.0248. The molecule has 0 unspecified atom stereocenters. The lowest BCUT2D eigenvalue weighted by atomic mass is 10.1. The summed E-state index contributed by atoms with van der Waals surface area (Å²) in [6, 6.07) is 5.21. The highest BCUT2D eigenvalue weighted by molar-refractivity contribution is 5.83. The molecule has 1 rings (SSSR count). The molecule has 0 fully saturated rings. The third-order valence-electron chi connectivity index (χ3n) is 2.66. The molecule has 0 bridgehead atoms. The first kappa shape index (κ1) is 14.8. The average molecular weight is 267 g/mol. The molecule has 0 saturated carbocycles. The number of carboxylic acids is 1. The normalized spacial score (nSPS) is 9.84. The van der Waals surface area contributed by atoms with Crippen LogP contribution < -0.4 is 9.47 Å². The standard InChI is InChI=1S/C13H17NO5/c1-14(8-13(16)17)12(15)7-9-10(18-2)5-4-6-11(9)19-3/h4-6H,7-8H2,1-3H3,(H,16,17). The second-order valence-electron chi connectivity index (χ2n) is 3.96. The molecule has 0 aliphatic carbocycles. The summed E-state index contributed by atoms with van der Waals surface area (Å²) in [4.78, 5) is 23.7. The number of aliphatic carboxylic acids is 1. The van der Waals surface area contributed by atoms with Crippen molar-refractivity contribution >= 4 is 11.9 Å². The number of amides is 1. The van der Waals surface area contributed by atoms with Gasteiger partial charge >= 0.3 is 5.97 Å². The van der Waals surface area contributed by atoms with Crippen LogP contribution in [0.5, 0.6) is 11.5 Å². The van der Waals surface area contributed by atoms with Crippen molar-refractivity contribution in [3.8, 4) is 11.5 Å². The lowest BCUT2D eigenvalue weighted by molar-refractivity contribution is -0.143. The number of nitrogens with zero attached hydrogens (tertiary/aromatic N) is 1. The molecule has 104 valence electrons. The van der Waals surface area contributed by atoms with Crippen LogP contribution in [0.4, 0.5) is 0 Å². The number of likely N-dealkylation sites (N-methyl/N-ethyl adjacent to an activating group) is 1. The summed E-state index contributed by atoms with van der Waals surface area (Å²) in [5, 5.41) is 8.66. The Morgan fingerprint density at radius 3 is 2.16 bits per heavy atom. The molecule has 6 nitrogen and oxygen atoms in total. The van der Waals surface area contributed by atoms with Gasteiger partial charge in [-0.15, -0.1) is 0 Å². The Hall–Kier alpha value is -2.24. The van der Waals surface area contributed by atoms with Gasteiger partial charge in [0.15, 0.2) is 0 Å². The minimum Gasteiger partial charge on any atom is -0.496 e. The molecule has 0 spiro atoms. The van der Waals surface area contributed by atoms with E-state index in [-0.39, 0.29) is 18.9 Å². The molecular weight excluding hydrogens is 250 g/mol. The van der Waals surface area contributed by atoms with E-state index in [1.54, 1.807) is 18.2 Å². The zero-order valence-corrected chi connectivity index (χ0v) is 11.2. The molecule has 6 heteroatoms. The summed E-state index contributed by atoms with van der Waals surface area (Å²) < 4.78 is 10.4. The number of carboxylic acid groups (broad SMARTS) is 1. The van der Waals surface area contributed by atoms with E-state index in [4.69, 9.17) is 14.6 Å². The molecule has 0 radical (unpaired) electrons. The number of hydrogen-bond donors (Lipinski definition) is 1. The van der Waals surface area contributed by atoms with Gasteiger partial charge in [-0.25, -0.2) is 0 Å². The number of benzene rings is 1. The Kier molecular flexibility index (Phi) is 5.17. The third kappa shape index (κ3) is 3.87. The number of carbonyl (C=O) groups is 2. The van der Waals surface area contributed by atoms with Crippen molar-refractivity contribution in [1.82, 2.24) is 4.90 Å². The van der Waals surface area contributed by atoms with Crippen molar-refractivity contribution < 1.29 is 24.2 Å². The molecule has 1 aromatic rings. The van der Waals surface area contributed by atoms with E-state index in [1.165, 1.54) is 21.3 Å². The average Bonchev–Trinajstić information content (AvgIpc) is 2.37. The van der Waals surface area contributed by atoms with Gasteiger partial charge in [-0.2, -0.15) is 0 Å². The first-order chi connectivity index (χ1) is 8.99. The van der Waals surface area contributed by atoms with Gasteiger partial charge in [0, 0.05) is 12.6 Å². The largest absolute Gasteiger partial charge is 0.496 e. The van der Waals surface area contributed by atoms with E-state index < -0.39 is 5.97 Å². The smallest absolute Gasteiger partial charge is 0.323 e. The minimum absolute atomic E-state index is 0.0248. The van der Waals surface area contributed by atoms with Crippen molar-refractivity contribution in [2.45, 2.75) is 6.42 Å². The maximum Gasteiger partial charge on any atom is 0.323 e. The highest BCUT2D eigenvalue weighted by Crippen LogP contribution is 2.28. The topological polar surface area (TPSA) is 76.1 Å². The van der Waals surface area contributed by atoms with Gasteiger partial charge in [0.2, 0.25) is 5.91 Å². The van der Waals surface area contributed by atoms with Crippen molar-refractivity contribution in [2.24, 2.45) is 0 Å². The van der Waals surface area contributed by atoms with Crippen molar-refractivity contribution in [2.75, 3.05) is 27.8 Å². The molecule has 1 N–H and O–H groups in total. The molecule has 0 saturated heterocycles. The summed E-state index contributed by atoms with van der Waals surface area (Å²) >= 11 is 0. The lowest BCUT2D eigenvalue weighted by Crippen LogP contribution is -2.33. The Bertz CT molecular complexity index is 450. The van der Waals surface area contributed by atoms with E-state index in [0.717, 1.165) is 4.90 Å². The van der Waals surface area contributed by atoms with Crippen LogP contribution in [-0.2, 0) is 16.0 Å². The zero-order valence-electron chi connectivity index (χ0n) is 11.2. The van der Waals surface area contributed by atoms with Gasteiger partial charge in [0.1, 0.15) is 18.0 Å². The van der Waals surface area contributed by atoms with Crippen molar-refractivity contribution in [3.05, 3.63) is 23.8 Å². The lowest BCUT2D eigenvalue weighted by Gasteiger charge is -2.17. The highest BCUT2D eigenvalue weighted by atomic mass is 16.5. The third-order valence-corrected chi connectivity index (χ3v) is 2.66. The van der Waals surface area contributed by atoms with Crippen LogP contribution in [-0.4, -0.2) is 49.7 Å². The highest BCUT2D eigenvalue weighted by Gasteiger charge is 2.18. The molecule has 0 aromatic heterocycles. The van der Waals surface area contributed by atoms with Crippen LogP contribution in [0.15, 0.2) is 18.2 Å². The fourth-order valence-corrected chi connectivity index (χ4v) is 1.68. The second-order valence-corrected chi connectivity index (χ2v) is 3.96. The van der Waals surface area contributed by atoms with Gasteiger partial charge in [-0.05, 0) is 12.1 Å². The van der Waals surface area contributed by atoms with E-state index in [2.05, 4.69) is 0 Å². The number of hydrogen-bond acceptors (Lipinski definition) is 4. The fraction of sp³-hybridized carbons (Fsp3) is 0.385. The predicted molar refractivity (Wildman–Crippen MR) is 68.5 cm³/mol. The molecule has 1 aromatic carbocycles. The first-order valence-electron chi connectivity index (χ1n) is 5.65. The van der Waals surface area contributed by atoms with Crippen LogP contribution in [0, 0.1) is 0 Å². The first-order valence-corrected chi connectivity index (χ1v) is 5.65. The maximum atomic E-state index is 11.9. The number of ether oxygens (including phenoxy) is 2. The molecule has 0 aliphatic heterocycles. The number of rotatable bonds is 6. The van der Waals surface area contributed by atoms with Crippen molar-refractivity contribution in [1.29, 1.82) is 0 Å². The molecule has 1 amide bonds. The zero-order chi connectivity index (χ0) is 14.4. The summed E-state index contributed by atoms with van der Waals surface area (Å²) in [5.41, 5.74) is 0.606. The molecule has 0 heterocycles. The van der Waals surface area contributed by atoms with Crippen LogP contribution in [0.25, 0.3) is 0 Å². The predicted octanol–water partition coefficient (Wildman–Crippen LogP) is 0.789. The van der Waals surface area contributed by atoms with Crippen molar-refractivity contribution in [3.63, 3.8) is 0 Å². The Labute approximate surface area is 111 Å².